The van der Waals surface area contributed by atoms with Crippen LogP contribution in [-0.4, -0.2) is 43.5 Å². The maximum Gasteiger partial charge on any atom is 0.324 e. The van der Waals surface area contributed by atoms with Crippen LogP contribution in [0.4, 0.5) is 10.5 Å². The number of piperidine rings is 1. The Morgan fingerprint density at radius 2 is 1.67 bits per heavy atom. The van der Waals surface area contributed by atoms with E-state index >= 15 is 0 Å². The van der Waals surface area contributed by atoms with Crippen LogP contribution in [0, 0.1) is 5.92 Å². The van der Waals surface area contributed by atoms with Gasteiger partial charge in [-0.05, 0) is 55.2 Å². The van der Waals surface area contributed by atoms with Gasteiger partial charge in [0.25, 0.3) is 0 Å². The fraction of sp³-hybridized carbons (Fsp3) is 0.364. The van der Waals surface area contributed by atoms with Crippen LogP contribution in [0.3, 0.4) is 0 Å². The van der Waals surface area contributed by atoms with E-state index in [9.17, 15) is 9.59 Å². The van der Waals surface area contributed by atoms with Crippen LogP contribution in [0.15, 0.2) is 48.5 Å². The van der Waals surface area contributed by atoms with Crippen LogP contribution < -0.4 is 9.64 Å². The zero-order valence-corrected chi connectivity index (χ0v) is 15.6. The minimum atomic E-state index is -0.0201. The number of ketones is 1. The number of benzene rings is 2. The van der Waals surface area contributed by atoms with E-state index in [0.717, 1.165) is 24.4 Å². The molecule has 2 amide bonds. The molecule has 4 rings (SSSR count). The fourth-order valence-electron chi connectivity index (χ4n) is 4.03. The van der Waals surface area contributed by atoms with Gasteiger partial charge < -0.3 is 9.64 Å². The number of fused-ring (bicyclic) bond motifs is 1. The van der Waals surface area contributed by atoms with Crippen molar-refractivity contribution in [2.45, 2.75) is 19.3 Å². The lowest BCUT2D eigenvalue weighted by molar-refractivity contribution is 0.0857. The van der Waals surface area contributed by atoms with E-state index in [0.29, 0.717) is 31.5 Å². The molecule has 0 aliphatic carbocycles. The van der Waals surface area contributed by atoms with Gasteiger partial charge in [-0.25, -0.2) is 4.79 Å². The first-order valence-electron chi connectivity index (χ1n) is 9.50. The van der Waals surface area contributed by atoms with Gasteiger partial charge in [-0.3, -0.25) is 9.69 Å². The van der Waals surface area contributed by atoms with Crippen LogP contribution >= 0.6 is 0 Å². The van der Waals surface area contributed by atoms with Gasteiger partial charge in [-0.1, -0.05) is 18.2 Å². The lowest BCUT2D eigenvalue weighted by atomic mass is 9.89. The highest BCUT2D eigenvalue weighted by Crippen LogP contribution is 2.30. The summed E-state index contributed by atoms with van der Waals surface area (Å²) in [6.45, 7) is 2.00. The van der Waals surface area contributed by atoms with Crippen molar-refractivity contribution in [2.75, 3.05) is 31.6 Å². The molecule has 1 fully saturated rings. The molecule has 0 aromatic heterocycles. The second kappa shape index (κ2) is 7.43. The molecule has 0 spiro atoms. The Kier molecular flexibility index (Phi) is 4.84. The number of hydrogen-bond donors (Lipinski definition) is 0. The second-order valence-corrected chi connectivity index (χ2v) is 7.17. The number of urea groups is 1. The van der Waals surface area contributed by atoms with Crippen LogP contribution in [0.5, 0.6) is 5.75 Å². The molecule has 2 aromatic rings. The van der Waals surface area contributed by atoms with Gasteiger partial charge in [-0.15, -0.1) is 0 Å². The molecule has 140 valence electrons. The molecule has 27 heavy (non-hydrogen) atoms. The minimum absolute atomic E-state index is 0.0201. The quantitative estimate of drug-likeness (QED) is 0.779. The number of Topliss-reactive ketones (excluding diaryl/α,β-unsaturated/α-hetero) is 1. The van der Waals surface area contributed by atoms with Gasteiger partial charge in [0.05, 0.1) is 7.11 Å². The Morgan fingerprint density at radius 1 is 0.963 bits per heavy atom. The van der Waals surface area contributed by atoms with E-state index < -0.39 is 0 Å². The number of likely N-dealkylation sites (tertiary alicyclic amines) is 1. The molecule has 1 saturated heterocycles. The number of para-hydroxylation sites is 1. The Hall–Kier alpha value is -2.82. The third kappa shape index (κ3) is 3.42. The molecule has 5 heteroatoms. The molecular weight excluding hydrogens is 340 g/mol. The molecule has 2 aliphatic heterocycles. The standard InChI is InChI=1S/C22H24N2O3/c1-27-19-8-6-17(7-9-19)21(25)18-10-13-23(14-11-18)22(26)24-15-12-16-4-2-3-5-20(16)24/h2-9,18H,10-15H2,1H3. The normalized spacial score (nSPS) is 16.9. The highest BCUT2D eigenvalue weighted by Gasteiger charge is 2.32. The highest BCUT2D eigenvalue weighted by molar-refractivity contribution is 5.98. The van der Waals surface area contributed by atoms with Crippen molar-refractivity contribution < 1.29 is 14.3 Å². The third-order valence-electron chi connectivity index (χ3n) is 5.63. The summed E-state index contributed by atoms with van der Waals surface area (Å²) in [5, 5.41) is 0. The summed E-state index contributed by atoms with van der Waals surface area (Å²) in [5.41, 5.74) is 2.98. The van der Waals surface area contributed by atoms with Crippen molar-refractivity contribution in [3.63, 3.8) is 0 Å². The summed E-state index contributed by atoms with van der Waals surface area (Å²) < 4.78 is 5.15. The molecule has 2 aromatic carbocycles. The van der Waals surface area contributed by atoms with Gasteiger partial charge >= 0.3 is 6.03 Å². The van der Waals surface area contributed by atoms with E-state index in [-0.39, 0.29) is 17.7 Å². The largest absolute Gasteiger partial charge is 0.497 e. The Bertz CT molecular complexity index is 839. The molecule has 0 radical (unpaired) electrons. The van der Waals surface area contributed by atoms with E-state index in [4.69, 9.17) is 4.74 Å². The predicted molar refractivity (Wildman–Crippen MR) is 105 cm³/mol. The summed E-state index contributed by atoms with van der Waals surface area (Å²) in [7, 11) is 1.61. The maximum atomic E-state index is 12.9. The molecule has 5 nitrogen and oxygen atoms in total. The minimum Gasteiger partial charge on any atom is -0.497 e. The van der Waals surface area contributed by atoms with Gasteiger partial charge in [0.15, 0.2) is 5.78 Å². The number of hydrogen-bond acceptors (Lipinski definition) is 3. The molecular formula is C22H24N2O3. The second-order valence-electron chi connectivity index (χ2n) is 7.17. The number of rotatable bonds is 3. The fourth-order valence-corrected chi connectivity index (χ4v) is 4.03. The van der Waals surface area contributed by atoms with Crippen molar-refractivity contribution in [1.82, 2.24) is 4.90 Å². The summed E-state index contributed by atoms with van der Waals surface area (Å²) in [6.07, 6.45) is 2.34. The van der Waals surface area contributed by atoms with Crippen LogP contribution in [0.1, 0.15) is 28.8 Å². The first-order chi connectivity index (χ1) is 13.2. The summed E-state index contributed by atoms with van der Waals surface area (Å²) >= 11 is 0. The van der Waals surface area contributed by atoms with Gasteiger partial charge in [0.2, 0.25) is 0 Å². The topological polar surface area (TPSA) is 49.9 Å². The molecule has 0 atom stereocenters. The van der Waals surface area contributed by atoms with E-state index in [1.165, 1.54) is 5.56 Å². The summed E-state index contributed by atoms with van der Waals surface area (Å²) in [4.78, 5) is 29.4. The first kappa shape index (κ1) is 17.6. The number of carbonyl (C=O) groups excluding carboxylic acids is 2. The van der Waals surface area contributed by atoms with Crippen molar-refractivity contribution in [3.05, 3.63) is 59.7 Å². The average molecular weight is 364 g/mol. The average Bonchev–Trinajstić information content (AvgIpc) is 3.17. The zero-order chi connectivity index (χ0) is 18.8. The number of nitrogens with zero attached hydrogens (tertiary/aromatic N) is 2. The third-order valence-corrected chi connectivity index (χ3v) is 5.63. The molecule has 0 saturated carbocycles. The Balaban J connectivity index is 1.37. The van der Waals surface area contributed by atoms with Gasteiger partial charge in [0, 0.05) is 36.8 Å². The number of amides is 2. The number of carbonyl (C=O) groups is 2. The predicted octanol–water partition coefficient (Wildman–Crippen LogP) is 3.77. The van der Waals surface area contributed by atoms with Crippen molar-refractivity contribution >= 4 is 17.5 Å². The van der Waals surface area contributed by atoms with Crippen molar-refractivity contribution in [3.8, 4) is 5.75 Å². The molecule has 2 aliphatic rings. The van der Waals surface area contributed by atoms with Crippen molar-refractivity contribution in [2.24, 2.45) is 5.92 Å². The molecule has 0 N–H and O–H groups in total. The monoisotopic (exact) mass is 364 g/mol. The number of anilines is 1. The molecule has 0 unspecified atom stereocenters. The lowest BCUT2D eigenvalue weighted by Gasteiger charge is -2.34. The van der Waals surface area contributed by atoms with E-state index in [2.05, 4.69) is 6.07 Å². The number of methoxy groups -OCH3 is 1. The lowest BCUT2D eigenvalue weighted by Crippen LogP contribution is -2.47. The SMILES string of the molecule is COc1ccc(C(=O)C2CCN(C(=O)N3CCc4ccccc43)CC2)cc1. The Morgan fingerprint density at radius 3 is 2.37 bits per heavy atom. The van der Waals surface area contributed by atoms with Crippen LogP contribution in [0.25, 0.3) is 0 Å². The molecule has 0 bridgehead atoms. The van der Waals surface area contributed by atoms with Gasteiger partial charge in [0.1, 0.15) is 5.75 Å². The van der Waals surface area contributed by atoms with Crippen molar-refractivity contribution in [1.29, 1.82) is 0 Å². The number of ether oxygens (including phenoxy) is 1. The summed E-state index contributed by atoms with van der Waals surface area (Å²) in [6, 6.07) is 15.4. The molecule has 2 heterocycles. The maximum absolute atomic E-state index is 12.9. The van der Waals surface area contributed by atoms with Crippen LogP contribution in [0.2, 0.25) is 0 Å². The smallest absolute Gasteiger partial charge is 0.324 e. The zero-order valence-electron chi connectivity index (χ0n) is 15.6. The first-order valence-corrected chi connectivity index (χ1v) is 9.50. The van der Waals surface area contributed by atoms with Crippen LogP contribution in [-0.2, 0) is 6.42 Å². The van der Waals surface area contributed by atoms with E-state index in [1.54, 1.807) is 7.11 Å². The van der Waals surface area contributed by atoms with Gasteiger partial charge in [-0.2, -0.15) is 0 Å². The Labute approximate surface area is 159 Å². The summed E-state index contributed by atoms with van der Waals surface area (Å²) in [5.74, 6) is 0.891. The highest BCUT2D eigenvalue weighted by atomic mass is 16.5. The van der Waals surface area contributed by atoms with E-state index in [1.807, 2.05) is 52.3 Å².